The number of anilines is 1. The molecule has 1 aromatic heterocycles. The smallest absolute Gasteiger partial charge is 0.248 e. The maximum absolute atomic E-state index is 14.0. The molecule has 4 rings (SSSR count). The number of carbonyl (C=O) groups is 2. The van der Waals surface area contributed by atoms with Crippen LogP contribution in [-0.2, 0) is 19.6 Å². The van der Waals surface area contributed by atoms with Crippen LogP contribution in [0.25, 0.3) is 0 Å². The zero-order chi connectivity index (χ0) is 24.3. The maximum atomic E-state index is 14.0. The Hall–Kier alpha value is -2.37. The van der Waals surface area contributed by atoms with Crippen LogP contribution < -0.4 is 5.32 Å². The van der Waals surface area contributed by atoms with Crippen molar-refractivity contribution in [3.63, 3.8) is 0 Å². The van der Waals surface area contributed by atoms with Crippen molar-refractivity contribution < 1.29 is 22.4 Å². The summed E-state index contributed by atoms with van der Waals surface area (Å²) in [6, 6.07) is 3.04. The largest absolute Gasteiger partial charge is 0.328 e. The predicted molar refractivity (Wildman–Crippen MR) is 127 cm³/mol. The summed E-state index contributed by atoms with van der Waals surface area (Å²) in [5.74, 6) is -1.01. The first-order valence-electron chi connectivity index (χ1n) is 11.5. The molecule has 8 nitrogen and oxygen atoms in total. The van der Waals surface area contributed by atoms with Crippen LogP contribution in [-0.4, -0.2) is 60.1 Å². The van der Waals surface area contributed by atoms with E-state index < -0.39 is 27.8 Å². The van der Waals surface area contributed by atoms with Crippen molar-refractivity contribution in [1.29, 1.82) is 0 Å². The lowest BCUT2D eigenvalue weighted by Gasteiger charge is -2.39. The first-order valence-corrected chi connectivity index (χ1v) is 13.8. The van der Waals surface area contributed by atoms with Gasteiger partial charge in [0.15, 0.2) is 5.13 Å². The van der Waals surface area contributed by atoms with Crippen LogP contribution in [0.4, 0.5) is 9.52 Å². The van der Waals surface area contributed by atoms with Gasteiger partial charge in [0.25, 0.3) is 0 Å². The van der Waals surface area contributed by atoms with Gasteiger partial charge in [-0.15, -0.1) is 11.3 Å². The topological polar surface area (TPSA) is 99.7 Å². The molecule has 1 aliphatic carbocycles. The van der Waals surface area contributed by atoms with Gasteiger partial charge < -0.3 is 10.2 Å². The van der Waals surface area contributed by atoms with Gasteiger partial charge in [-0.3, -0.25) is 9.59 Å². The fourth-order valence-electron chi connectivity index (χ4n) is 4.67. The molecule has 2 heterocycles. The Bertz CT molecular complexity index is 1130. The zero-order valence-electron chi connectivity index (χ0n) is 19.1. The van der Waals surface area contributed by atoms with Gasteiger partial charge in [0.05, 0.1) is 11.4 Å². The van der Waals surface area contributed by atoms with E-state index in [2.05, 4.69) is 10.3 Å². The molecule has 1 aliphatic heterocycles. The van der Waals surface area contributed by atoms with Crippen LogP contribution in [0.15, 0.2) is 34.7 Å². The van der Waals surface area contributed by atoms with Gasteiger partial charge in [0.1, 0.15) is 11.9 Å². The van der Waals surface area contributed by atoms with Gasteiger partial charge in [0, 0.05) is 24.7 Å². The minimum absolute atomic E-state index is 0.0370. The molecule has 2 fully saturated rings. The second-order valence-corrected chi connectivity index (χ2v) is 11.8. The lowest BCUT2D eigenvalue weighted by atomic mass is 9.84. The summed E-state index contributed by atoms with van der Waals surface area (Å²) in [6.07, 6.45) is 7.57. The quantitative estimate of drug-likeness (QED) is 0.618. The molecule has 1 aromatic carbocycles. The van der Waals surface area contributed by atoms with Crippen LogP contribution >= 0.6 is 11.3 Å². The summed E-state index contributed by atoms with van der Waals surface area (Å²) in [7, 11) is -4.03. The number of hydrogen-bond donors (Lipinski definition) is 1. The van der Waals surface area contributed by atoms with Crippen LogP contribution in [0.5, 0.6) is 0 Å². The highest BCUT2D eigenvalue weighted by atomic mass is 32.2. The molecule has 0 bridgehead atoms. The van der Waals surface area contributed by atoms with Gasteiger partial charge in [-0.1, -0.05) is 38.2 Å². The number of nitrogens with zero attached hydrogens (tertiary/aromatic N) is 3. The van der Waals surface area contributed by atoms with Crippen LogP contribution in [0.2, 0.25) is 0 Å². The number of halogens is 1. The second kappa shape index (κ2) is 10.5. The molecule has 11 heteroatoms. The van der Waals surface area contributed by atoms with Crippen molar-refractivity contribution in [2.24, 2.45) is 5.92 Å². The summed E-state index contributed by atoms with van der Waals surface area (Å²) in [6.45, 7) is 1.30. The normalized spacial score (nSPS) is 19.2. The van der Waals surface area contributed by atoms with Gasteiger partial charge >= 0.3 is 0 Å². The van der Waals surface area contributed by atoms with Gasteiger partial charge in [-0.25, -0.2) is 17.8 Å². The molecule has 1 saturated heterocycles. The van der Waals surface area contributed by atoms with E-state index in [9.17, 15) is 22.4 Å². The van der Waals surface area contributed by atoms with E-state index in [1.54, 1.807) is 18.5 Å². The molecule has 1 N–H and O–H groups in total. The molecule has 2 aromatic rings. The van der Waals surface area contributed by atoms with E-state index in [0.29, 0.717) is 23.0 Å². The Morgan fingerprint density at radius 1 is 1.26 bits per heavy atom. The number of carbonyl (C=O) groups excluding carboxylic acids is 2. The van der Waals surface area contributed by atoms with Gasteiger partial charge in [-0.05, 0) is 37.0 Å². The van der Waals surface area contributed by atoms with Crippen molar-refractivity contribution in [2.45, 2.75) is 56.4 Å². The molecule has 1 atom stereocenters. The average molecular weight is 509 g/mol. The van der Waals surface area contributed by atoms with Crippen LogP contribution in [0, 0.1) is 18.7 Å². The predicted octanol–water partition coefficient (Wildman–Crippen LogP) is 3.40. The average Bonchev–Trinajstić information content (AvgIpc) is 3.33. The van der Waals surface area contributed by atoms with Crippen molar-refractivity contribution >= 4 is 38.3 Å². The lowest BCUT2D eigenvalue weighted by Crippen LogP contribution is -2.58. The fourth-order valence-corrected chi connectivity index (χ4v) is 6.60. The molecular formula is C23H29FN4O4S2. The van der Waals surface area contributed by atoms with E-state index >= 15 is 0 Å². The number of nitrogens with one attached hydrogen (secondary N) is 1. The molecule has 1 saturated carbocycles. The molecule has 0 spiro atoms. The number of sulfonamides is 1. The third-order valence-corrected chi connectivity index (χ3v) is 9.16. The van der Waals surface area contributed by atoms with Crippen molar-refractivity contribution in [2.75, 3.05) is 25.0 Å². The number of rotatable bonds is 7. The van der Waals surface area contributed by atoms with Crippen LogP contribution in [0.1, 0.15) is 44.1 Å². The summed E-state index contributed by atoms with van der Waals surface area (Å²) in [5.41, 5.74) is 0.344. The Morgan fingerprint density at radius 2 is 2.03 bits per heavy atom. The Kier molecular flexibility index (Phi) is 7.63. The van der Waals surface area contributed by atoms with Crippen molar-refractivity contribution in [3.05, 3.63) is 41.2 Å². The zero-order valence-corrected chi connectivity index (χ0v) is 20.7. The fraction of sp³-hybridized carbons (Fsp3) is 0.522. The molecule has 34 heavy (non-hydrogen) atoms. The number of hydrogen-bond acceptors (Lipinski definition) is 6. The van der Waals surface area contributed by atoms with E-state index in [1.165, 1.54) is 34.8 Å². The van der Waals surface area contributed by atoms with Gasteiger partial charge in [-0.2, -0.15) is 4.31 Å². The monoisotopic (exact) mass is 508 g/mol. The number of aromatic nitrogens is 1. The molecule has 184 valence electrons. The van der Waals surface area contributed by atoms with E-state index in [4.69, 9.17) is 0 Å². The Balaban J connectivity index is 1.50. The Labute approximate surface area is 203 Å². The van der Waals surface area contributed by atoms with E-state index in [0.717, 1.165) is 36.1 Å². The number of piperazine rings is 1. The third kappa shape index (κ3) is 5.47. The molecule has 2 aliphatic rings. The van der Waals surface area contributed by atoms with Crippen molar-refractivity contribution in [1.82, 2.24) is 14.2 Å². The molecule has 2 amide bonds. The number of aryl methyl sites for hydroxylation is 1. The highest BCUT2D eigenvalue weighted by Crippen LogP contribution is 2.30. The Morgan fingerprint density at radius 3 is 2.68 bits per heavy atom. The first kappa shape index (κ1) is 24.7. The summed E-state index contributed by atoms with van der Waals surface area (Å²) in [5, 5.41) is 5.03. The maximum Gasteiger partial charge on any atom is 0.248 e. The number of amides is 2. The molecule has 1 unspecified atom stereocenters. The minimum Gasteiger partial charge on any atom is -0.328 e. The molecular weight excluding hydrogens is 479 g/mol. The molecule has 0 radical (unpaired) electrons. The first-order chi connectivity index (χ1) is 16.3. The SMILES string of the molecule is Cc1ccc(S(=O)(=O)N2CCN(C(CC3CCCCC3)C(=O)Nc3nccs3)C(=O)C2)cc1F. The minimum atomic E-state index is -4.03. The van der Waals surface area contributed by atoms with E-state index in [-0.39, 0.29) is 30.4 Å². The number of benzene rings is 1. The standard InChI is InChI=1S/C23H29FN4O4S2/c1-16-7-8-18(14-19(16)24)34(31,32)27-10-11-28(21(29)15-27)20(13-17-5-3-2-4-6-17)22(30)26-23-25-9-12-33-23/h7-9,12,14,17,20H,2-6,10-11,13,15H2,1H3,(H,25,26,30). The third-order valence-electron chi connectivity index (χ3n) is 6.63. The van der Waals surface area contributed by atoms with Crippen LogP contribution in [0.3, 0.4) is 0 Å². The highest BCUT2D eigenvalue weighted by Gasteiger charge is 2.39. The highest BCUT2D eigenvalue weighted by molar-refractivity contribution is 7.89. The van der Waals surface area contributed by atoms with Gasteiger partial charge in [0.2, 0.25) is 21.8 Å². The summed E-state index contributed by atoms with van der Waals surface area (Å²) in [4.78, 5) is 31.8. The number of thiazole rings is 1. The summed E-state index contributed by atoms with van der Waals surface area (Å²) >= 11 is 1.30. The van der Waals surface area contributed by atoms with Crippen molar-refractivity contribution in [3.8, 4) is 0 Å². The lowest BCUT2D eigenvalue weighted by molar-refractivity contribution is -0.142. The van der Waals surface area contributed by atoms with E-state index in [1.807, 2.05) is 0 Å². The summed E-state index contributed by atoms with van der Waals surface area (Å²) < 4.78 is 41.1. The second-order valence-electron chi connectivity index (χ2n) is 8.92.